The van der Waals surface area contributed by atoms with E-state index < -0.39 is 17.7 Å². The first-order valence-corrected chi connectivity index (χ1v) is 10.6. The number of aliphatic hydroxyl groups is 1. The summed E-state index contributed by atoms with van der Waals surface area (Å²) in [6, 6.07) is 11.6. The molecule has 1 aliphatic carbocycles. The van der Waals surface area contributed by atoms with Crippen LogP contribution in [0.2, 0.25) is 10.0 Å². The van der Waals surface area contributed by atoms with Crippen molar-refractivity contribution >= 4 is 40.7 Å². The van der Waals surface area contributed by atoms with E-state index in [1.807, 2.05) is 30.3 Å². The summed E-state index contributed by atoms with van der Waals surface area (Å²) in [4.78, 5) is 27.7. The molecule has 0 aromatic heterocycles. The van der Waals surface area contributed by atoms with Crippen LogP contribution < -0.4 is 4.74 Å². The summed E-state index contributed by atoms with van der Waals surface area (Å²) < 4.78 is 5.16. The average Bonchev–Trinajstić information content (AvgIpc) is 3.35. The Balaban J connectivity index is 1.89. The monoisotopic (exact) mass is 445 g/mol. The molecule has 1 saturated heterocycles. The lowest BCUT2D eigenvalue weighted by Gasteiger charge is -2.30. The maximum absolute atomic E-state index is 13.1. The molecule has 1 N–H and O–H groups in total. The number of carbonyl (C=O) groups excluding carboxylic acids is 2. The molecule has 1 heterocycles. The summed E-state index contributed by atoms with van der Waals surface area (Å²) in [7, 11) is 1.44. The van der Waals surface area contributed by atoms with Crippen LogP contribution in [0, 0.1) is 0 Å². The molecule has 1 unspecified atom stereocenters. The zero-order valence-corrected chi connectivity index (χ0v) is 17.9. The van der Waals surface area contributed by atoms with Crippen LogP contribution in [0.5, 0.6) is 5.75 Å². The zero-order chi connectivity index (χ0) is 21.4. The highest BCUT2D eigenvalue weighted by Crippen LogP contribution is 2.44. The summed E-state index contributed by atoms with van der Waals surface area (Å²) in [5, 5.41) is 11.5. The van der Waals surface area contributed by atoms with Crippen LogP contribution in [-0.2, 0) is 9.59 Å². The van der Waals surface area contributed by atoms with Crippen molar-refractivity contribution in [3.05, 3.63) is 69.2 Å². The molecule has 4 rings (SSSR count). The van der Waals surface area contributed by atoms with Gasteiger partial charge in [0.15, 0.2) is 5.75 Å². The van der Waals surface area contributed by atoms with Crippen LogP contribution in [0.1, 0.15) is 42.9 Å². The fraction of sp³-hybridized carbons (Fsp3) is 0.304. The molecule has 1 saturated carbocycles. The first-order valence-electron chi connectivity index (χ1n) is 9.82. The lowest BCUT2D eigenvalue weighted by atomic mass is 9.94. The number of hydrogen-bond acceptors (Lipinski definition) is 4. The highest BCUT2D eigenvalue weighted by atomic mass is 35.5. The number of benzene rings is 2. The van der Waals surface area contributed by atoms with Gasteiger partial charge in [0.25, 0.3) is 11.7 Å². The Hall–Kier alpha value is -2.50. The second-order valence-corrected chi connectivity index (χ2v) is 8.34. The molecule has 2 aromatic carbocycles. The largest absolute Gasteiger partial charge is 0.507 e. The van der Waals surface area contributed by atoms with Gasteiger partial charge in [0.05, 0.1) is 28.8 Å². The highest BCUT2D eigenvalue weighted by molar-refractivity contribution is 6.47. The van der Waals surface area contributed by atoms with Gasteiger partial charge in [0.2, 0.25) is 0 Å². The Labute approximate surface area is 184 Å². The van der Waals surface area contributed by atoms with Gasteiger partial charge >= 0.3 is 0 Å². The van der Waals surface area contributed by atoms with E-state index in [1.165, 1.54) is 19.2 Å². The minimum atomic E-state index is -0.698. The Morgan fingerprint density at radius 3 is 2.23 bits per heavy atom. The number of carbonyl (C=O) groups is 2. The highest BCUT2D eigenvalue weighted by Gasteiger charge is 2.49. The molecule has 1 aliphatic heterocycles. The Morgan fingerprint density at radius 1 is 1.07 bits per heavy atom. The number of amides is 1. The van der Waals surface area contributed by atoms with Gasteiger partial charge in [-0.2, -0.15) is 0 Å². The van der Waals surface area contributed by atoms with E-state index in [0.717, 1.165) is 31.2 Å². The van der Waals surface area contributed by atoms with Crippen molar-refractivity contribution in [3.8, 4) is 5.75 Å². The van der Waals surface area contributed by atoms with Crippen molar-refractivity contribution in [3.63, 3.8) is 0 Å². The van der Waals surface area contributed by atoms with Crippen molar-refractivity contribution in [2.45, 2.75) is 37.8 Å². The minimum absolute atomic E-state index is 0.0278. The number of ether oxygens (including phenoxy) is 1. The van der Waals surface area contributed by atoms with Gasteiger partial charge in [-0.05, 0) is 30.5 Å². The molecule has 156 valence electrons. The number of halogens is 2. The minimum Gasteiger partial charge on any atom is -0.507 e. The van der Waals surface area contributed by atoms with Gasteiger partial charge in [-0.15, -0.1) is 0 Å². The number of nitrogens with zero attached hydrogens (tertiary/aromatic N) is 1. The fourth-order valence-corrected chi connectivity index (χ4v) is 5.06. The van der Waals surface area contributed by atoms with Gasteiger partial charge in [-0.3, -0.25) is 9.59 Å². The van der Waals surface area contributed by atoms with Crippen LogP contribution in [0.4, 0.5) is 0 Å². The lowest BCUT2D eigenvalue weighted by Crippen LogP contribution is -2.37. The molecular weight excluding hydrogens is 425 g/mol. The molecule has 30 heavy (non-hydrogen) atoms. The van der Waals surface area contributed by atoms with Gasteiger partial charge < -0.3 is 14.7 Å². The number of Topliss-reactive ketones (excluding diaryl/α,β-unsaturated/α-hetero) is 1. The van der Waals surface area contributed by atoms with Gasteiger partial charge in [-0.1, -0.05) is 66.4 Å². The molecule has 1 atom stereocenters. The molecule has 2 fully saturated rings. The fourth-order valence-electron chi connectivity index (χ4n) is 4.42. The Morgan fingerprint density at radius 2 is 1.67 bits per heavy atom. The molecule has 1 amide bonds. The van der Waals surface area contributed by atoms with E-state index in [9.17, 15) is 14.7 Å². The van der Waals surface area contributed by atoms with Crippen LogP contribution in [0.25, 0.3) is 5.76 Å². The van der Waals surface area contributed by atoms with Crippen LogP contribution in [-0.4, -0.2) is 34.8 Å². The first-order chi connectivity index (χ1) is 14.4. The molecule has 2 aromatic rings. The maximum atomic E-state index is 13.1. The maximum Gasteiger partial charge on any atom is 0.295 e. The standard InChI is InChI=1S/C23H21Cl2NO4/c1-30-22-16(24)11-14(12-17(22)25)20(27)18-19(13-7-3-2-4-8-13)26(23(29)21(18)28)15-9-5-6-10-15/h2-4,7-8,11-12,15,19,27H,5-6,9-10H2,1H3/b20-18+. The third kappa shape index (κ3) is 3.46. The molecule has 0 spiro atoms. The average molecular weight is 446 g/mol. The van der Waals surface area contributed by atoms with E-state index in [-0.39, 0.29) is 38.7 Å². The van der Waals surface area contributed by atoms with E-state index in [0.29, 0.717) is 0 Å². The summed E-state index contributed by atoms with van der Waals surface area (Å²) in [6.07, 6.45) is 3.71. The Bertz CT molecular complexity index is 1010. The number of aliphatic hydroxyl groups excluding tert-OH is 1. The van der Waals surface area contributed by atoms with Crippen LogP contribution in [0.15, 0.2) is 48.0 Å². The molecule has 7 heteroatoms. The second-order valence-electron chi connectivity index (χ2n) is 7.53. The van der Waals surface area contributed by atoms with Gasteiger partial charge in [0.1, 0.15) is 5.76 Å². The number of ketones is 1. The third-order valence-corrected chi connectivity index (χ3v) is 6.35. The van der Waals surface area contributed by atoms with Crippen molar-refractivity contribution in [2.75, 3.05) is 7.11 Å². The Kier molecular flexibility index (Phi) is 5.76. The molecule has 0 radical (unpaired) electrons. The summed E-state index contributed by atoms with van der Waals surface area (Å²) in [6.45, 7) is 0. The van der Waals surface area contributed by atoms with Crippen molar-refractivity contribution < 1.29 is 19.4 Å². The molecule has 0 bridgehead atoms. The summed E-state index contributed by atoms with van der Waals surface area (Å²) in [5.41, 5.74) is 1.09. The number of likely N-dealkylation sites (tertiary alicyclic amines) is 1. The van der Waals surface area contributed by atoms with E-state index in [2.05, 4.69) is 0 Å². The normalized spacial score (nSPS) is 21.4. The first kappa shape index (κ1) is 20.8. The lowest BCUT2D eigenvalue weighted by molar-refractivity contribution is -0.141. The predicted molar refractivity (Wildman–Crippen MR) is 116 cm³/mol. The number of hydrogen-bond donors (Lipinski definition) is 1. The molecular formula is C23H21Cl2NO4. The van der Waals surface area contributed by atoms with E-state index in [1.54, 1.807) is 4.90 Å². The number of methoxy groups -OCH3 is 1. The van der Waals surface area contributed by atoms with Crippen molar-refractivity contribution in [2.24, 2.45) is 0 Å². The zero-order valence-electron chi connectivity index (χ0n) is 16.4. The SMILES string of the molecule is COc1c(Cl)cc(/C(O)=C2\C(=O)C(=O)N(C3CCCC3)C2c2ccccc2)cc1Cl. The summed E-state index contributed by atoms with van der Waals surface area (Å²) >= 11 is 12.5. The smallest absolute Gasteiger partial charge is 0.295 e. The molecule has 5 nitrogen and oxygen atoms in total. The van der Waals surface area contributed by atoms with Crippen molar-refractivity contribution in [1.82, 2.24) is 4.90 Å². The molecule has 2 aliphatic rings. The van der Waals surface area contributed by atoms with Crippen LogP contribution >= 0.6 is 23.2 Å². The quantitative estimate of drug-likeness (QED) is 0.390. The van der Waals surface area contributed by atoms with E-state index >= 15 is 0 Å². The summed E-state index contributed by atoms with van der Waals surface area (Å²) in [5.74, 6) is -1.30. The number of rotatable bonds is 4. The third-order valence-electron chi connectivity index (χ3n) is 5.79. The predicted octanol–water partition coefficient (Wildman–Crippen LogP) is 5.37. The van der Waals surface area contributed by atoms with Gasteiger partial charge in [-0.25, -0.2) is 0 Å². The second kappa shape index (κ2) is 8.32. The van der Waals surface area contributed by atoms with E-state index in [4.69, 9.17) is 27.9 Å². The topological polar surface area (TPSA) is 66.8 Å². The van der Waals surface area contributed by atoms with Gasteiger partial charge in [0, 0.05) is 11.6 Å². The van der Waals surface area contributed by atoms with Crippen molar-refractivity contribution in [1.29, 1.82) is 0 Å². The van der Waals surface area contributed by atoms with Crippen LogP contribution in [0.3, 0.4) is 0 Å².